The van der Waals surface area contributed by atoms with Gasteiger partial charge in [0.15, 0.2) is 0 Å². The molecule has 24 heavy (non-hydrogen) atoms. The first-order chi connectivity index (χ1) is 11.3. The van der Waals surface area contributed by atoms with Crippen molar-refractivity contribution < 1.29 is 22.8 Å². The van der Waals surface area contributed by atoms with Gasteiger partial charge >= 0.3 is 6.18 Å². The van der Waals surface area contributed by atoms with Crippen LogP contribution < -0.4 is 0 Å². The lowest BCUT2D eigenvalue weighted by Gasteiger charge is -2.35. The predicted molar refractivity (Wildman–Crippen MR) is 81.0 cm³/mol. The first-order valence-electron chi connectivity index (χ1n) is 7.85. The van der Waals surface area contributed by atoms with Gasteiger partial charge in [0.2, 0.25) is 11.8 Å². The predicted octanol–water partition coefficient (Wildman–Crippen LogP) is 2.44. The monoisotopic (exact) mass is 361 g/mol. The number of carbonyl (C=O) groups is 2. The number of fused-ring (bicyclic) bond motifs is 4. The van der Waals surface area contributed by atoms with Crippen molar-refractivity contribution in [2.24, 2.45) is 5.92 Å². The molecular weight excluding hydrogens is 343 g/mol. The highest BCUT2D eigenvalue weighted by Crippen LogP contribution is 2.31. The molecule has 0 N–H and O–H groups in total. The van der Waals surface area contributed by atoms with E-state index in [1.165, 1.54) is 16.2 Å². The summed E-state index contributed by atoms with van der Waals surface area (Å²) >= 11 is 1.45. The van der Waals surface area contributed by atoms with Crippen LogP contribution in [0.3, 0.4) is 0 Å². The molecule has 5 nitrogen and oxygen atoms in total. The Labute approximate surface area is 141 Å². The lowest BCUT2D eigenvalue weighted by molar-refractivity contribution is -0.149. The van der Waals surface area contributed by atoms with Crippen LogP contribution in [0.2, 0.25) is 0 Å². The zero-order chi connectivity index (χ0) is 17.3. The van der Waals surface area contributed by atoms with Crippen molar-refractivity contribution in [3.63, 3.8) is 0 Å². The number of aromatic nitrogens is 1. The number of alkyl halides is 3. The average molecular weight is 361 g/mol. The number of hydrogen-bond donors (Lipinski definition) is 0. The largest absolute Gasteiger partial charge is 0.389 e. The summed E-state index contributed by atoms with van der Waals surface area (Å²) in [5.74, 6) is -0.866. The second-order valence-electron chi connectivity index (χ2n) is 6.29. The first-order valence-corrected chi connectivity index (χ1v) is 8.80. The van der Waals surface area contributed by atoms with Crippen molar-refractivity contribution >= 4 is 23.2 Å². The third kappa shape index (κ3) is 3.88. The fourth-order valence-electron chi connectivity index (χ4n) is 3.35. The average Bonchev–Trinajstić information content (AvgIpc) is 2.88. The van der Waals surface area contributed by atoms with Crippen LogP contribution in [0.4, 0.5) is 13.2 Å². The number of hydrogen-bond acceptors (Lipinski definition) is 4. The molecule has 132 valence electrons. The summed E-state index contributed by atoms with van der Waals surface area (Å²) in [6.07, 6.45) is -4.56. The van der Waals surface area contributed by atoms with E-state index in [0.29, 0.717) is 19.5 Å². The summed E-state index contributed by atoms with van der Waals surface area (Å²) in [7, 11) is 0. The quantitative estimate of drug-likeness (QED) is 0.828. The zero-order valence-electron chi connectivity index (χ0n) is 13.0. The summed E-state index contributed by atoms with van der Waals surface area (Å²) < 4.78 is 37.0. The number of piperidine rings is 1. The van der Waals surface area contributed by atoms with Gasteiger partial charge in [-0.05, 0) is 12.8 Å². The minimum absolute atomic E-state index is 0.0228. The molecule has 1 aromatic heterocycles. The Kier molecular flexibility index (Phi) is 4.80. The van der Waals surface area contributed by atoms with Gasteiger partial charge in [-0.1, -0.05) is 0 Å². The van der Waals surface area contributed by atoms with E-state index in [0.717, 1.165) is 12.1 Å². The highest BCUT2D eigenvalue weighted by molar-refractivity contribution is 7.07. The first kappa shape index (κ1) is 17.2. The van der Waals surface area contributed by atoms with E-state index in [1.54, 1.807) is 10.4 Å². The lowest BCUT2D eigenvalue weighted by Crippen LogP contribution is -2.47. The number of halogens is 3. The van der Waals surface area contributed by atoms with Crippen molar-refractivity contribution in [3.05, 3.63) is 16.6 Å². The van der Waals surface area contributed by atoms with Gasteiger partial charge in [0.05, 0.1) is 30.1 Å². The fourth-order valence-corrected chi connectivity index (χ4v) is 3.90. The molecule has 4 rings (SSSR count). The van der Waals surface area contributed by atoms with Crippen LogP contribution in [0.15, 0.2) is 10.9 Å². The van der Waals surface area contributed by atoms with E-state index >= 15 is 0 Å². The van der Waals surface area contributed by atoms with E-state index < -0.39 is 24.9 Å². The Morgan fingerprint density at radius 2 is 2.12 bits per heavy atom. The van der Waals surface area contributed by atoms with Crippen molar-refractivity contribution in [2.45, 2.75) is 44.4 Å². The van der Waals surface area contributed by atoms with Crippen LogP contribution >= 0.6 is 11.3 Å². The second-order valence-corrected chi connectivity index (χ2v) is 7.01. The number of thiazole rings is 1. The Morgan fingerprint density at radius 1 is 1.33 bits per heavy atom. The molecule has 1 aromatic rings. The standard InChI is InChI=1S/C15H18F3N3O2S/c16-15(17,18)4-3-13(22)20-5-10-1-2-12(7-20)21(14(10)23)6-11-8-24-9-19-11/h8-10,12H,1-7H2/t10-,12+/m0/s1. The number of rotatable bonds is 4. The van der Waals surface area contributed by atoms with Gasteiger partial charge in [-0.25, -0.2) is 4.98 Å². The molecule has 3 saturated heterocycles. The van der Waals surface area contributed by atoms with Crippen LogP contribution in [0.1, 0.15) is 31.4 Å². The van der Waals surface area contributed by atoms with E-state index in [9.17, 15) is 22.8 Å². The SMILES string of the molecule is O=C(CCC(F)(F)F)N1C[C@@H]2CC[C@H](C1)N(Cc1cscn1)C2=O. The normalized spacial score (nSPS) is 24.4. The Balaban J connectivity index is 1.68. The maximum absolute atomic E-state index is 12.6. The molecule has 0 spiro atoms. The third-order valence-corrected chi connectivity index (χ3v) is 5.22. The molecule has 2 atom stereocenters. The van der Waals surface area contributed by atoms with Crippen LogP contribution in [0, 0.1) is 5.92 Å². The Morgan fingerprint density at radius 3 is 2.79 bits per heavy atom. The molecule has 0 unspecified atom stereocenters. The summed E-state index contributed by atoms with van der Waals surface area (Å²) in [6.45, 7) is 0.927. The van der Waals surface area contributed by atoms with Gasteiger partial charge in [-0.3, -0.25) is 9.59 Å². The number of nitrogens with zero attached hydrogens (tertiary/aromatic N) is 3. The van der Waals surface area contributed by atoms with Crippen LogP contribution in [-0.4, -0.2) is 51.9 Å². The molecule has 0 aromatic carbocycles. The maximum atomic E-state index is 12.6. The van der Waals surface area contributed by atoms with Gasteiger partial charge in [0.1, 0.15) is 0 Å². The van der Waals surface area contributed by atoms with Crippen LogP contribution in [0.5, 0.6) is 0 Å². The molecule has 4 heterocycles. The van der Waals surface area contributed by atoms with Gasteiger partial charge in [0.25, 0.3) is 0 Å². The van der Waals surface area contributed by atoms with Crippen molar-refractivity contribution in [1.82, 2.24) is 14.8 Å². The van der Waals surface area contributed by atoms with E-state index in [2.05, 4.69) is 4.98 Å². The Bertz CT molecular complexity index is 606. The smallest absolute Gasteiger partial charge is 0.340 e. The molecule has 0 saturated carbocycles. The molecule has 9 heteroatoms. The lowest BCUT2D eigenvalue weighted by atomic mass is 9.94. The topological polar surface area (TPSA) is 53.5 Å². The minimum atomic E-state index is -4.34. The van der Waals surface area contributed by atoms with E-state index in [-0.39, 0.29) is 24.4 Å². The molecule has 3 aliphatic heterocycles. The molecule has 3 fully saturated rings. The molecule has 2 bridgehead atoms. The van der Waals surface area contributed by atoms with Crippen LogP contribution in [0.25, 0.3) is 0 Å². The molecule has 3 aliphatic rings. The van der Waals surface area contributed by atoms with Crippen LogP contribution in [-0.2, 0) is 16.1 Å². The zero-order valence-corrected chi connectivity index (χ0v) is 13.8. The third-order valence-electron chi connectivity index (χ3n) is 4.58. The Hall–Kier alpha value is -1.64. The maximum Gasteiger partial charge on any atom is 0.389 e. The van der Waals surface area contributed by atoms with Gasteiger partial charge in [-0.2, -0.15) is 13.2 Å². The summed E-state index contributed by atoms with van der Waals surface area (Å²) in [5.41, 5.74) is 2.50. The molecule has 0 radical (unpaired) electrons. The van der Waals surface area contributed by atoms with E-state index in [1.807, 2.05) is 5.38 Å². The molecular formula is C15H18F3N3O2S. The van der Waals surface area contributed by atoms with Crippen molar-refractivity contribution in [3.8, 4) is 0 Å². The van der Waals surface area contributed by atoms with E-state index in [4.69, 9.17) is 0 Å². The molecule has 0 aliphatic carbocycles. The molecule has 2 amide bonds. The fraction of sp³-hybridized carbons (Fsp3) is 0.667. The second kappa shape index (κ2) is 6.70. The van der Waals surface area contributed by atoms with Gasteiger partial charge < -0.3 is 9.80 Å². The van der Waals surface area contributed by atoms with Crippen molar-refractivity contribution in [1.29, 1.82) is 0 Å². The van der Waals surface area contributed by atoms with Gasteiger partial charge in [-0.15, -0.1) is 11.3 Å². The highest BCUT2D eigenvalue weighted by Gasteiger charge is 2.42. The highest BCUT2D eigenvalue weighted by atomic mass is 32.1. The summed E-state index contributed by atoms with van der Waals surface area (Å²) in [4.78, 5) is 32.1. The number of carbonyl (C=O) groups excluding carboxylic acids is 2. The van der Waals surface area contributed by atoms with Crippen molar-refractivity contribution in [2.75, 3.05) is 13.1 Å². The van der Waals surface area contributed by atoms with Gasteiger partial charge in [0, 0.05) is 30.9 Å². The number of amides is 2. The summed E-state index contributed by atoms with van der Waals surface area (Å²) in [6, 6.07) is -0.146. The summed E-state index contributed by atoms with van der Waals surface area (Å²) in [5, 5.41) is 1.87. The minimum Gasteiger partial charge on any atom is -0.340 e.